The van der Waals surface area contributed by atoms with Crippen LogP contribution in [0.25, 0.3) is 0 Å². The van der Waals surface area contributed by atoms with Crippen molar-refractivity contribution in [3.63, 3.8) is 0 Å². The molecule has 0 fully saturated rings. The summed E-state index contributed by atoms with van der Waals surface area (Å²) in [6.45, 7) is 0. The number of benzene rings is 1. The second kappa shape index (κ2) is 3.09. The van der Waals surface area contributed by atoms with Gasteiger partial charge in [-0.3, -0.25) is 0 Å². The molecule has 2 aliphatic rings. The zero-order chi connectivity index (χ0) is 10.4. The predicted octanol–water partition coefficient (Wildman–Crippen LogP) is 2.36. The Morgan fingerprint density at radius 3 is 2.00 bits per heavy atom. The Balaban J connectivity index is 2.29. The lowest BCUT2D eigenvalue weighted by atomic mass is 9.94. The summed E-state index contributed by atoms with van der Waals surface area (Å²) in [6.07, 6.45) is 6.32. The van der Waals surface area contributed by atoms with E-state index in [0.717, 1.165) is 49.7 Å². The van der Waals surface area contributed by atoms with Crippen molar-refractivity contribution in [2.24, 2.45) is 0 Å². The van der Waals surface area contributed by atoms with Gasteiger partial charge >= 0.3 is 5.97 Å². The molecule has 0 saturated heterocycles. The molecule has 0 atom stereocenters. The maximum atomic E-state index is 11.3. The minimum Gasteiger partial charge on any atom is -0.478 e. The van der Waals surface area contributed by atoms with Gasteiger partial charge in [-0.2, -0.15) is 0 Å². The molecule has 3 rings (SSSR count). The summed E-state index contributed by atoms with van der Waals surface area (Å²) in [4.78, 5) is 11.3. The summed E-state index contributed by atoms with van der Waals surface area (Å²) in [7, 11) is 0. The highest BCUT2D eigenvalue weighted by Gasteiger charge is 2.26. The Morgan fingerprint density at radius 2 is 1.53 bits per heavy atom. The molecule has 0 unspecified atom stereocenters. The quantitative estimate of drug-likeness (QED) is 0.759. The number of aromatic carboxylic acids is 1. The first kappa shape index (κ1) is 8.96. The lowest BCUT2D eigenvalue weighted by molar-refractivity contribution is 0.0694. The first-order chi connectivity index (χ1) is 7.27. The minimum absolute atomic E-state index is 0.650. The first-order valence-electron chi connectivity index (χ1n) is 5.67. The minimum atomic E-state index is -0.716. The highest BCUT2D eigenvalue weighted by molar-refractivity contribution is 5.92. The van der Waals surface area contributed by atoms with Crippen molar-refractivity contribution >= 4 is 5.97 Å². The van der Waals surface area contributed by atoms with E-state index >= 15 is 0 Å². The monoisotopic (exact) mass is 202 g/mol. The summed E-state index contributed by atoms with van der Waals surface area (Å²) in [6, 6.07) is 2.26. The number of aryl methyl sites for hydroxylation is 2. The lowest BCUT2D eigenvalue weighted by Crippen LogP contribution is -2.07. The third-order valence-corrected chi connectivity index (χ3v) is 3.69. The fourth-order valence-corrected chi connectivity index (χ4v) is 3.07. The van der Waals surface area contributed by atoms with Crippen molar-refractivity contribution in [3.05, 3.63) is 33.9 Å². The maximum Gasteiger partial charge on any atom is 0.336 e. The zero-order valence-corrected chi connectivity index (χ0v) is 8.68. The summed E-state index contributed by atoms with van der Waals surface area (Å²) >= 11 is 0. The van der Waals surface area contributed by atoms with Crippen LogP contribution in [-0.2, 0) is 25.7 Å². The van der Waals surface area contributed by atoms with Crippen molar-refractivity contribution in [3.8, 4) is 0 Å². The van der Waals surface area contributed by atoms with Crippen LogP contribution in [0.1, 0.15) is 45.5 Å². The van der Waals surface area contributed by atoms with Crippen LogP contribution in [0.5, 0.6) is 0 Å². The number of hydrogen-bond acceptors (Lipinski definition) is 1. The second-order valence-electron chi connectivity index (χ2n) is 4.54. The number of carbonyl (C=O) groups is 1. The van der Waals surface area contributed by atoms with Crippen LogP contribution >= 0.6 is 0 Å². The molecule has 1 aromatic carbocycles. The summed E-state index contributed by atoms with van der Waals surface area (Å²) in [5.41, 5.74) is 5.50. The molecule has 0 saturated carbocycles. The van der Waals surface area contributed by atoms with E-state index in [-0.39, 0.29) is 0 Å². The fourth-order valence-electron chi connectivity index (χ4n) is 3.07. The molecule has 0 aliphatic heterocycles. The molecule has 0 heterocycles. The highest BCUT2D eigenvalue weighted by atomic mass is 16.4. The maximum absolute atomic E-state index is 11.3. The molecule has 0 spiro atoms. The molecule has 0 aromatic heterocycles. The van der Waals surface area contributed by atoms with Gasteiger partial charge < -0.3 is 5.11 Å². The van der Waals surface area contributed by atoms with Crippen LogP contribution < -0.4 is 0 Å². The Labute approximate surface area is 88.9 Å². The summed E-state index contributed by atoms with van der Waals surface area (Å²) in [5, 5.41) is 9.31. The van der Waals surface area contributed by atoms with E-state index in [1.807, 2.05) is 0 Å². The molecule has 2 heteroatoms. The number of rotatable bonds is 1. The summed E-state index contributed by atoms with van der Waals surface area (Å²) < 4.78 is 0. The second-order valence-corrected chi connectivity index (χ2v) is 4.54. The Bertz CT molecular complexity index is 414. The largest absolute Gasteiger partial charge is 0.478 e. The predicted molar refractivity (Wildman–Crippen MR) is 57.5 cm³/mol. The molecular formula is C13H14O2. The molecule has 15 heavy (non-hydrogen) atoms. The Morgan fingerprint density at radius 1 is 1.00 bits per heavy atom. The van der Waals surface area contributed by atoms with Gasteiger partial charge in [-0.1, -0.05) is 6.07 Å². The lowest BCUT2D eigenvalue weighted by Gasteiger charge is -2.10. The van der Waals surface area contributed by atoms with Gasteiger partial charge in [0.05, 0.1) is 5.56 Å². The summed E-state index contributed by atoms with van der Waals surface area (Å²) in [5.74, 6) is -0.716. The van der Waals surface area contributed by atoms with E-state index in [2.05, 4.69) is 6.07 Å². The van der Waals surface area contributed by atoms with Crippen LogP contribution in [0.15, 0.2) is 6.07 Å². The number of hydrogen-bond donors (Lipinski definition) is 1. The van der Waals surface area contributed by atoms with E-state index in [1.165, 1.54) is 11.1 Å². The van der Waals surface area contributed by atoms with E-state index in [4.69, 9.17) is 0 Å². The number of fused-ring (bicyclic) bond motifs is 2. The SMILES string of the molecule is O=C(O)c1c2c(cc3c1CCC3)CCC2. The highest BCUT2D eigenvalue weighted by Crippen LogP contribution is 2.34. The van der Waals surface area contributed by atoms with E-state index in [9.17, 15) is 9.90 Å². The van der Waals surface area contributed by atoms with Gasteiger partial charge in [-0.25, -0.2) is 4.79 Å². The fraction of sp³-hybridized carbons (Fsp3) is 0.462. The van der Waals surface area contributed by atoms with Gasteiger partial charge in [-0.15, -0.1) is 0 Å². The normalized spacial score (nSPS) is 17.6. The van der Waals surface area contributed by atoms with Gasteiger partial charge in [0.15, 0.2) is 0 Å². The third-order valence-electron chi connectivity index (χ3n) is 3.69. The van der Waals surface area contributed by atoms with Crippen LogP contribution in [0, 0.1) is 0 Å². The van der Waals surface area contributed by atoms with Crippen molar-refractivity contribution in [2.75, 3.05) is 0 Å². The molecule has 2 nitrogen and oxygen atoms in total. The average molecular weight is 202 g/mol. The van der Waals surface area contributed by atoms with Crippen molar-refractivity contribution in [1.29, 1.82) is 0 Å². The standard InChI is InChI=1S/C13H14O2/c14-13(15)12-10-5-1-3-8(10)7-9-4-2-6-11(9)12/h7H,1-6H2,(H,14,15). The van der Waals surface area contributed by atoms with Gasteiger partial charge in [0, 0.05) is 0 Å². The van der Waals surface area contributed by atoms with Gasteiger partial charge in [-0.05, 0) is 60.8 Å². The third kappa shape index (κ3) is 1.21. The van der Waals surface area contributed by atoms with Crippen molar-refractivity contribution in [2.45, 2.75) is 38.5 Å². The van der Waals surface area contributed by atoms with E-state index < -0.39 is 5.97 Å². The van der Waals surface area contributed by atoms with Gasteiger partial charge in [0.25, 0.3) is 0 Å². The topological polar surface area (TPSA) is 37.3 Å². The van der Waals surface area contributed by atoms with Crippen molar-refractivity contribution < 1.29 is 9.90 Å². The van der Waals surface area contributed by atoms with Gasteiger partial charge in [0.2, 0.25) is 0 Å². The van der Waals surface area contributed by atoms with Crippen LogP contribution in [0.3, 0.4) is 0 Å². The molecule has 1 aromatic rings. The van der Waals surface area contributed by atoms with Crippen molar-refractivity contribution in [1.82, 2.24) is 0 Å². The average Bonchev–Trinajstić information content (AvgIpc) is 2.79. The number of carboxylic acid groups (broad SMARTS) is 1. The first-order valence-corrected chi connectivity index (χ1v) is 5.67. The molecule has 2 aliphatic carbocycles. The van der Waals surface area contributed by atoms with E-state index in [1.54, 1.807) is 0 Å². The van der Waals surface area contributed by atoms with Gasteiger partial charge in [0.1, 0.15) is 0 Å². The molecule has 0 bridgehead atoms. The Hall–Kier alpha value is -1.31. The molecule has 1 N–H and O–H groups in total. The molecular weight excluding hydrogens is 188 g/mol. The smallest absolute Gasteiger partial charge is 0.336 e. The van der Waals surface area contributed by atoms with E-state index in [0.29, 0.717) is 5.56 Å². The Kier molecular flexibility index (Phi) is 1.84. The molecule has 0 amide bonds. The van der Waals surface area contributed by atoms with Crippen LogP contribution in [0.2, 0.25) is 0 Å². The number of carboxylic acids is 1. The van der Waals surface area contributed by atoms with Crippen LogP contribution in [-0.4, -0.2) is 11.1 Å². The molecule has 0 radical (unpaired) electrons. The van der Waals surface area contributed by atoms with Crippen LogP contribution in [0.4, 0.5) is 0 Å². The molecule has 78 valence electrons. The zero-order valence-electron chi connectivity index (χ0n) is 8.68.